The van der Waals surface area contributed by atoms with Crippen LogP contribution >= 0.6 is 11.8 Å². The van der Waals surface area contributed by atoms with Crippen LogP contribution in [0.2, 0.25) is 0 Å². The summed E-state index contributed by atoms with van der Waals surface area (Å²) in [6.45, 7) is 0. The van der Waals surface area contributed by atoms with E-state index >= 15 is 0 Å². The van der Waals surface area contributed by atoms with Crippen molar-refractivity contribution in [2.24, 2.45) is 0 Å². The van der Waals surface area contributed by atoms with E-state index in [1.54, 1.807) is 12.1 Å². The number of benzene rings is 2. The maximum absolute atomic E-state index is 12.3. The first-order chi connectivity index (χ1) is 10.8. The molecule has 2 N–H and O–H groups in total. The molecule has 9 heteroatoms. The van der Waals surface area contributed by atoms with Gasteiger partial charge in [0.1, 0.15) is 0 Å². The normalized spacial score (nSPS) is 12.1. The fourth-order valence-electron chi connectivity index (χ4n) is 1.79. The number of hydrogen-bond acceptors (Lipinski definition) is 5. The third kappa shape index (κ3) is 4.25. The van der Waals surface area contributed by atoms with Gasteiger partial charge in [-0.05, 0) is 61.8 Å². The highest BCUT2D eigenvalue weighted by molar-refractivity contribution is 7.98. The summed E-state index contributed by atoms with van der Waals surface area (Å²) in [4.78, 5) is 1.17. The molecule has 0 radical (unpaired) electrons. The second kappa shape index (κ2) is 6.91. The first-order valence-corrected chi connectivity index (χ1v) is 10.7. The van der Waals surface area contributed by atoms with Gasteiger partial charge < -0.3 is 0 Å². The molecular formula is C14H16N2O4S3. The second-order valence-electron chi connectivity index (χ2n) is 4.51. The van der Waals surface area contributed by atoms with Gasteiger partial charge in [0.2, 0.25) is 10.0 Å². The van der Waals surface area contributed by atoms with Crippen molar-refractivity contribution in [3.63, 3.8) is 0 Å². The number of anilines is 1. The summed E-state index contributed by atoms with van der Waals surface area (Å²) in [7, 11) is -5.95. The summed E-state index contributed by atoms with van der Waals surface area (Å²) in [6.07, 6.45) is 1.91. The van der Waals surface area contributed by atoms with Gasteiger partial charge in [0.25, 0.3) is 10.0 Å². The van der Waals surface area contributed by atoms with Gasteiger partial charge in [-0.3, -0.25) is 4.72 Å². The number of nitrogens with one attached hydrogen (secondary N) is 2. The summed E-state index contributed by atoms with van der Waals surface area (Å²) >= 11 is 1.52. The second-order valence-corrected chi connectivity index (χ2v) is 8.96. The van der Waals surface area contributed by atoms with Crippen molar-refractivity contribution in [2.45, 2.75) is 14.7 Å². The van der Waals surface area contributed by atoms with Crippen molar-refractivity contribution in [2.75, 3.05) is 18.0 Å². The van der Waals surface area contributed by atoms with Crippen molar-refractivity contribution >= 4 is 37.5 Å². The number of sulfonamides is 2. The fraction of sp³-hybridized carbons (Fsp3) is 0.143. The molecule has 0 saturated heterocycles. The summed E-state index contributed by atoms with van der Waals surface area (Å²) in [5, 5.41) is 0. The highest BCUT2D eigenvalue weighted by atomic mass is 32.2. The largest absolute Gasteiger partial charge is 0.280 e. The van der Waals surface area contributed by atoms with Gasteiger partial charge in [0.05, 0.1) is 9.79 Å². The van der Waals surface area contributed by atoms with Crippen LogP contribution in [0.3, 0.4) is 0 Å². The molecular weight excluding hydrogens is 356 g/mol. The van der Waals surface area contributed by atoms with Gasteiger partial charge in [-0.1, -0.05) is 0 Å². The first-order valence-electron chi connectivity index (χ1n) is 6.49. The predicted octanol–water partition coefficient (Wildman–Crippen LogP) is 2.12. The smallest absolute Gasteiger partial charge is 0.261 e. The molecule has 0 spiro atoms. The van der Waals surface area contributed by atoms with E-state index in [0.29, 0.717) is 0 Å². The average Bonchev–Trinajstić information content (AvgIpc) is 2.55. The molecule has 2 aromatic rings. The minimum absolute atomic E-state index is 0.0623. The molecule has 2 rings (SSSR count). The summed E-state index contributed by atoms with van der Waals surface area (Å²) in [6, 6.07) is 12.0. The quantitative estimate of drug-likeness (QED) is 0.758. The zero-order valence-corrected chi connectivity index (χ0v) is 14.9. The maximum atomic E-state index is 12.3. The predicted molar refractivity (Wildman–Crippen MR) is 91.7 cm³/mol. The van der Waals surface area contributed by atoms with Crippen LogP contribution in [-0.4, -0.2) is 30.1 Å². The standard InChI is InChI=1S/C14H16N2O4S3/c1-15-22(17,18)13-7-3-11(4-8-13)16-23(19,20)14-9-5-12(21-2)6-10-14/h3-10,15-16H,1-2H3. The van der Waals surface area contributed by atoms with E-state index in [0.717, 1.165) is 4.90 Å². The Morgan fingerprint density at radius 3 is 1.74 bits per heavy atom. The molecule has 0 aliphatic rings. The Hall–Kier alpha value is -1.55. The van der Waals surface area contributed by atoms with E-state index in [1.165, 1.54) is 55.2 Å². The molecule has 0 aromatic heterocycles. The molecule has 0 atom stereocenters. The molecule has 0 fully saturated rings. The van der Waals surface area contributed by atoms with Crippen molar-refractivity contribution in [3.8, 4) is 0 Å². The molecule has 23 heavy (non-hydrogen) atoms. The summed E-state index contributed by atoms with van der Waals surface area (Å²) in [5.41, 5.74) is 0.286. The minimum Gasteiger partial charge on any atom is -0.280 e. The molecule has 0 saturated carbocycles. The summed E-state index contributed by atoms with van der Waals surface area (Å²) < 4.78 is 52.4. The van der Waals surface area contributed by atoms with Crippen LogP contribution in [0.15, 0.2) is 63.2 Å². The van der Waals surface area contributed by atoms with Gasteiger partial charge >= 0.3 is 0 Å². The molecule has 124 valence electrons. The van der Waals surface area contributed by atoms with Crippen molar-refractivity contribution < 1.29 is 16.8 Å². The molecule has 0 amide bonds. The maximum Gasteiger partial charge on any atom is 0.261 e. The van der Waals surface area contributed by atoms with Crippen LogP contribution in [-0.2, 0) is 20.0 Å². The van der Waals surface area contributed by atoms with Crippen LogP contribution in [0.5, 0.6) is 0 Å². The van der Waals surface area contributed by atoms with Crippen LogP contribution < -0.4 is 9.44 Å². The molecule has 0 heterocycles. The molecule has 6 nitrogen and oxygen atoms in total. The van der Waals surface area contributed by atoms with E-state index in [4.69, 9.17) is 0 Å². The zero-order chi connectivity index (χ0) is 17.1. The Bertz CT molecular complexity index is 875. The SMILES string of the molecule is CNS(=O)(=O)c1ccc(NS(=O)(=O)c2ccc(SC)cc2)cc1. The van der Waals surface area contributed by atoms with E-state index in [-0.39, 0.29) is 15.5 Å². The van der Waals surface area contributed by atoms with Gasteiger partial charge in [-0.2, -0.15) is 0 Å². The Morgan fingerprint density at radius 2 is 1.26 bits per heavy atom. The van der Waals surface area contributed by atoms with Crippen LogP contribution in [0.4, 0.5) is 5.69 Å². The topological polar surface area (TPSA) is 92.3 Å². The van der Waals surface area contributed by atoms with E-state index in [2.05, 4.69) is 9.44 Å². The fourth-order valence-corrected chi connectivity index (χ4v) is 3.99. The lowest BCUT2D eigenvalue weighted by Crippen LogP contribution is -2.18. The molecule has 2 aromatic carbocycles. The van der Waals surface area contributed by atoms with E-state index in [9.17, 15) is 16.8 Å². The first kappa shape index (κ1) is 17.8. The lowest BCUT2D eigenvalue weighted by atomic mass is 10.3. The highest BCUT2D eigenvalue weighted by Crippen LogP contribution is 2.21. The Labute approximate surface area is 140 Å². The van der Waals surface area contributed by atoms with Gasteiger partial charge in [0, 0.05) is 10.6 Å². The Morgan fingerprint density at radius 1 is 0.783 bits per heavy atom. The van der Waals surface area contributed by atoms with Crippen LogP contribution in [0, 0.1) is 0 Å². The van der Waals surface area contributed by atoms with Crippen LogP contribution in [0.1, 0.15) is 0 Å². The van der Waals surface area contributed by atoms with Gasteiger partial charge in [0.15, 0.2) is 0 Å². The Kier molecular flexibility index (Phi) is 5.35. The number of thioether (sulfide) groups is 1. The Balaban J connectivity index is 2.23. The number of rotatable bonds is 6. The number of hydrogen-bond donors (Lipinski definition) is 2. The molecule has 0 aliphatic carbocycles. The lowest BCUT2D eigenvalue weighted by Gasteiger charge is -2.09. The third-order valence-electron chi connectivity index (χ3n) is 3.06. The summed E-state index contributed by atoms with van der Waals surface area (Å²) in [5.74, 6) is 0. The van der Waals surface area contributed by atoms with Crippen molar-refractivity contribution in [3.05, 3.63) is 48.5 Å². The molecule has 0 aliphatic heterocycles. The molecule has 0 unspecified atom stereocenters. The van der Waals surface area contributed by atoms with E-state index in [1.807, 2.05) is 6.26 Å². The molecule has 0 bridgehead atoms. The lowest BCUT2D eigenvalue weighted by molar-refractivity contribution is 0.588. The van der Waals surface area contributed by atoms with E-state index < -0.39 is 20.0 Å². The minimum atomic E-state index is -3.72. The monoisotopic (exact) mass is 372 g/mol. The van der Waals surface area contributed by atoms with Gasteiger partial charge in [-0.25, -0.2) is 21.6 Å². The third-order valence-corrected chi connectivity index (χ3v) is 6.63. The zero-order valence-electron chi connectivity index (χ0n) is 12.5. The van der Waals surface area contributed by atoms with Gasteiger partial charge in [-0.15, -0.1) is 11.8 Å². The van der Waals surface area contributed by atoms with Crippen molar-refractivity contribution in [1.82, 2.24) is 4.72 Å². The van der Waals surface area contributed by atoms with Crippen molar-refractivity contribution in [1.29, 1.82) is 0 Å². The van der Waals surface area contributed by atoms with Crippen LogP contribution in [0.25, 0.3) is 0 Å². The average molecular weight is 372 g/mol. The highest BCUT2D eigenvalue weighted by Gasteiger charge is 2.15.